The second-order valence-corrected chi connectivity index (χ2v) is 5.69. The number of amides is 1. The predicted octanol–water partition coefficient (Wildman–Crippen LogP) is 1.48. The third kappa shape index (κ3) is 13.5. The number of aliphatic carboxylic acids is 1. The molecule has 1 unspecified atom stereocenters. The zero-order valence-electron chi connectivity index (χ0n) is 14.4. The number of rotatable bonds is 12. The van der Waals surface area contributed by atoms with Crippen LogP contribution in [0.5, 0.6) is 0 Å². The number of esters is 1. The molecular weight excluding hydrogens is 340 g/mol. The Bertz CT molecular complexity index is 467. The Kier molecular flexibility index (Phi) is 10.6. The molecule has 25 heavy (non-hydrogen) atoms. The van der Waals surface area contributed by atoms with Gasteiger partial charge in [0.1, 0.15) is 0 Å². The Morgan fingerprint density at radius 2 is 1.84 bits per heavy atom. The van der Waals surface area contributed by atoms with Crippen molar-refractivity contribution in [2.45, 2.75) is 58.8 Å². The summed E-state index contributed by atoms with van der Waals surface area (Å²) < 4.78 is 9.64. The largest absolute Gasteiger partial charge is 0.481 e. The Morgan fingerprint density at radius 1 is 1.20 bits per heavy atom. The summed E-state index contributed by atoms with van der Waals surface area (Å²) in [4.78, 5) is 48.0. The van der Waals surface area contributed by atoms with Crippen LogP contribution in [0, 0.1) is 16.0 Å². The highest BCUT2D eigenvalue weighted by Gasteiger charge is 2.20. The molecule has 1 amide bonds. The van der Waals surface area contributed by atoms with E-state index in [9.17, 15) is 24.5 Å². The van der Waals surface area contributed by atoms with E-state index >= 15 is 0 Å². The molecule has 0 aromatic carbocycles. The van der Waals surface area contributed by atoms with E-state index in [-0.39, 0.29) is 31.8 Å². The maximum absolute atomic E-state index is 11.7. The first-order valence-corrected chi connectivity index (χ1v) is 7.75. The molecular formula is C14H24N2O9. The number of hydrogen-bond acceptors (Lipinski definition) is 8. The number of nitrogens with zero attached hydrogens (tertiary/aromatic N) is 1. The van der Waals surface area contributed by atoms with Gasteiger partial charge in [-0.15, -0.1) is 10.1 Å². The van der Waals surface area contributed by atoms with Gasteiger partial charge in [-0.25, -0.2) is 4.79 Å². The van der Waals surface area contributed by atoms with Crippen LogP contribution in [0.4, 0.5) is 4.79 Å². The van der Waals surface area contributed by atoms with E-state index in [0.717, 1.165) is 0 Å². The Balaban J connectivity index is 4.18. The highest BCUT2D eigenvalue weighted by molar-refractivity contribution is 5.72. The number of nitrogens with one attached hydrogen (secondary N) is 1. The fraction of sp³-hybridized carbons (Fsp3) is 0.786. The number of carboxylic acid groups (broad SMARTS) is 1. The fourth-order valence-electron chi connectivity index (χ4n) is 1.95. The first kappa shape index (κ1) is 22.4. The highest BCUT2D eigenvalue weighted by Crippen LogP contribution is 2.09. The maximum atomic E-state index is 11.7. The molecule has 0 aliphatic carbocycles. The zero-order chi connectivity index (χ0) is 19.4. The van der Waals surface area contributed by atoms with Crippen molar-refractivity contribution in [3.63, 3.8) is 0 Å². The Labute approximate surface area is 144 Å². The van der Waals surface area contributed by atoms with E-state index in [1.54, 1.807) is 0 Å². The van der Waals surface area contributed by atoms with Crippen molar-refractivity contribution in [2.24, 2.45) is 5.92 Å². The van der Waals surface area contributed by atoms with Crippen LogP contribution in [0.25, 0.3) is 0 Å². The summed E-state index contributed by atoms with van der Waals surface area (Å²) in [5.74, 6) is -1.60. The maximum Gasteiger partial charge on any atom is 0.410 e. The molecule has 11 heteroatoms. The molecule has 0 rings (SSSR count). The van der Waals surface area contributed by atoms with Gasteiger partial charge in [-0.2, -0.15) is 0 Å². The van der Waals surface area contributed by atoms with Gasteiger partial charge in [-0.05, 0) is 18.8 Å². The predicted molar refractivity (Wildman–Crippen MR) is 82.8 cm³/mol. The molecule has 0 aliphatic rings. The van der Waals surface area contributed by atoms with Crippen molar-refractivity contribution >= 4 is 18.0 Å². The van der Waals surface area contributed by atoms with Crippen molar-refractivity contribution in [3.8, 4) is 0 Å². The van der Waals surface area contributed by atoms with E-state index < -0.39 is 35.5 Å². The lowest BCUT2D eigenvalue weighted by molar-refractivity contribution is -0.757. The molecule has 0 radical (unpaired) electrons. The van der Waals surface area contributed by atoms with Crippen LogP contribution in [0.1, 0.15) is 46.5 Å². The first-order valence-electron chi connectivity index (χ1n) is 7.75. The first-order chi connectivity index (χ1) is 11.6. The van der Waals surface area contributed by atoms with Crippen LogP contribution in [-0.2, 0) is 23.9 Å². The average Bonchev–Trinajstić information content (AvgIpc) is 2.41. The van der Waals surface area contributed by atoms with Crippen LogP contribution in [0.3, 0.4) is 0 Å². The molecule has 2 N–H and O–H groups in total. The van der Waals surface area contributed by atoms with Gasteiger partial charge in [-0.3, -0.25) is 9.59 Å². The lowest BCUT2D eigenvalue weighted by Gasteiger charge is -2.20. The van der Waals surface area contributed by atoms with Gasteiger partial charge in [0.05, 0.1) is 13.0 Å². The number of carbonyl (C=O) groups excluding carboxylic acids is 2. The second kappa shape index (κ2) is 11.9. The molecule has 0 aromatic rings. The molecule has 144 valence electrons. The van der Waals surface area contributed by atoms with Crippen molar-refractivity contribution < 1.29 is 38.9 Å². The monoisotopic (exact) mass is 364 g/mol. The molecule has 0 aliphatic heterocycles. The Morgan fingerprint density at radius 3 is 2.36 bits per heavy atom. The molecule has 0 bridgehead atoms. The summed E-state index contributed by atoms with van der Waals surface area (Å²) in [5, 5.41) is 20.2. The van der Waals surface area contributed by atoms with E-state index in [0.29, 0.717) is 6.42 Å². The lowest BCUT2D eigenvalue weighted by Crippen LogP contribution is -2.39. The molecule has 0 saturated heterocycles. The molecule has 0 saturated carbocycles. The quantitative estimate of drug-likeness (QED) is 0.172. The van der Waals surface area contributed by atoms with Gasteiger partial charge >= 0.3 is 18.0 Å². The SMILES string of the molecule is CC(C)C[C@@H](CC(=O)O)NC(=O)OC(C)OC(=O)CCCO[N+](=O)[O-]. The second-order valence-electron chi connectivity index (χ2n) is 5.69. The zero-order valence-corrected chi connectivity index (χ0v) is 14.4. The van der Waals surface area contributed by atoms with Crippen LogP contribution in [0.2, 0.25) is 0 Å². The molecule has 0 fully saturated rings. The molecule has 0 aromatic heterocycles. The normalized spacial score (nSPS) is 12.8. The summed E-state index contributed by atoms with van der Waals surface area (Å²) in [6.45, 7) is 4.84. The molecule has 0 spiro atoms. The van der Waals surface area contributed by atoms with E-state index in [4.69, 9.17) is 14.6 Å². The summed E-state index contributed by atoms with van der Waals surface area (Å²) in [6, 6.07) is -0.604. The minimum absolute atomic E-state index is 0.0772. The minimum Gasteiger partial charge on any atom is -0.481 e. The molecule has 11 nitrogen and oxygen atoms in total. The number of ether oxygens (including phenoxy) is 2. The van der Waals surface area contributed by atoms with Crippen LogP contribution < -0.4 is 5.32 Å². The topological polar surface area (TPSA) is 154 Å². The van der Waals surface area contributed by atoms with E-state index in [2.05, 4.69) is 10.2 Å². The van der Waals surface area contributed by atoms with Gasteiger partial charge in [-0.1, -0.05) is 13.8 Å². The lowest BCUT2D eigenvalue weighted by atomic mass is 10.0. The summed E-state index contributed by atoms with van der Waals surface area (Å²) in [5.41, 5.74) is 0. The van der Waals surface area contributed by atoms with Crippen molar-refractivity contribution in [3.05, 3.63) is 10.1 Å². The summed E-state index contributed by atoms with van der Waals surface area (Å²) in [7, 11) is 0. The van der Waals surface area contributed by atoms with Gasteiger partial charge < -0.3 is 24.7 Å². The van der Waals surface area contributed by atoms with Gasteiger partial charge in [0, 0.05) is 19.4 Å². The van der Waals surface area contributed by atoms with Gasteiger partial charge in [0.25, 0.3) is 5.09 Å². The number of carbonyl (C=O) groups is 3. The fourth-order valence-corrected chi connectivity index (χ4v) is 1.95. The summed E-state index contributed by atoms with van der Waals surface area (Å²) in [6.07, 6.45) is -1.95. The third-order valence-corrected chi connectivity index (χ3v) is 2.79. The van der Waals surface area contributed by atoms with E-state index in [1.807, 2.05) is 13.8 Å². The van der Waals surface area contributed by atoms with Crippen molar-refractivity contribution in [1.29, 1.82) is 0 Å². The smallest absolute Gasteiger partial charge is 0.410 e. The van der Waals surface area contributed by atoms with E-state index in [1.165, 1.54) is 6.92 Å². The molecule has 2 atom stereocenters. The average molecular weight is 364 g/mol. The highest BCUT2D eigenvalue weighted by atomic mass is 16.9. The van der Waals surface area contributed by atoms with Crippen molar-refractivity contribution in [2.75, 3.05) is 6.61 Å². The van der Waals surface area contributed by atoms with Gasteiger partial charge in [0.15, 0.2) is 0 Å². The van der Waals surface area contributed by atoms with Crippen molar-refractivity contribution in [1.82, 2.24) is 5.32 Å². The molecule has 0 heterocycles. The van der Waals surface area contributed by atoms with Crippen LogP contribution >= 0.6 is 0 Å². The third-order valence-electron chi connectivity index (χ3n) is 2.79. The van der Waals surface area contributed by atoms with Gasteiger partial charge in [0.2, 0.25) is 6.29 Å². The number of alkyl carbamates (subject to hydrolysis) is 1. The van der Waals surface area contributed by atoms with Crippen LogP contribution in [0.15, 0.2) is 0 Å². The van der Waals surface area contributed by atoms with Crippen LogP contribution in [-0.4, -0.2) is 47.2 Å². The number of hydrogen-bond donors (Lipinski definition) is 2. The number of carboxylic acids is 1. The Hall–Kier alpha value is -2.59. The summed E-state index contributed by atoms with van der Waals surface area (Å²) >= 11 is 0. The minimum atomic E-state index is -1.19. The standard InChI is InChI=1S/C14H24N2O9/c1-9(2)7-11(8-12(17)18)15-14(20)25-10(3)24-13(19)5-4-6-23-16(21)22/h9-11H,4-8H2,1-3H3,(H,15,20)(H,17,18)/t10?,11-/m0/s1.